The minimum absolute atomic E-state index is 0.429. The van der Waals surface area contributed by atoms with Crippen LogP contribution in [0.4, 0.5) is 5.69 Å². The fourth-order valence-corrected chi connectivity index (χ4v) is 2.50. The summed E-state index contributed by atoms with van der Waals surface area (Å²) < 4.78 is 7.70. The number of nitrogen functional groups attached to an aromatic ring is 1. The Morgan fingerprint density at radius 2 is 1.96 bits per heavy atom. The molecule has 0 fully saturated rings. The molecule has 0 radical (unpaired) electrons. The summed E-state index contributed by atoms with van der Waals surface area (Å²) in [5, 5.41) is 8.21. The predicted molar refractivity (Wildman–Crippen MR) is 86.9 cm³/mol. The topological polar surface area (TPSA) is 82.2 Å². The zero-order valence-electron chi connectivity index (χ0n) is 12.6. The van der Waals surface area contributed by atoms with Crippen molar-refractivity contribution >= 4 is 11.3 Å². The van der Waals surface area contributed by atoms with Crippen molar-refractivity contribution in [2.75, 3.05) is 5.73 Å². The second-order valence-electron chi connectivity index (χ2n) is 5.47. The molecule has 0 atom stereocenters. The Morgan fingerprint density at radius 3 is 2.74 bits per heavy atom. The van der Waals surface area contributed by atoms with Crippen LogP contribution in [0.1, 0.15) is 17.0 Å². The van der Waals surface area contributed by atoms with E-state index in [1.54, 1.807) is 0 Å². The van der Waals surface area contributed by atoms with Gasteiger partial charge < -0.3 is 14.6 Å². The molecule has 6 nitrogen and oxygen atoms in total. The molecule has 0 bridgehead atoms. The lowest BCUT2D eigenvalue weighted by Gasteiger charge is -1.97. The van der Waals surface area contributed by atoms with Crippen molar-refractivity contribution < 1.29 is 4.42 Å². The maximum atomic E-state index is 5.74. The lowest BCUT2D eigenvalue weighted by molar-refractivity contribution is 0.516. The number of benzene rings is 1. The zero-order valence-corrected chi connectivity index (χ0v) is 12.6. The van der Waals surface area contributed by atoms with E-state index in [2.05, 4.69) is 15.2 Å². The van der Waals surface area contributed by atoms with Crippen LogP contribution in [0.2, 0.25) is 0 Å². The first-order chi connectivity index (χ1) is 11.2. The number of hydrogen-bond donors (Lipinski definition) is 1. The molecule has 114 valence electrons. The highest BCUT2D eigenvalue weighted by molar-refractivity contribution is 5.57. The van der Waals surface area contributed by atoms with E-state index in [1.165, 1.54) is 0 Å². The Labute approximate surface area is 132 Å². The molecule has 0 aliphatic rings. The van der Waals surface area contributed by atoms with Crippen molar-refractivity contribution in [1.29, 1.82) is 0 Å². The minimum Gasteiger partial charge on any atom is -0.419 e. The van der Waals surface area contributed by atoms with Gasteiger partial charge in [0.25, 0.3) is 5.89 Å². The molecule has 0 saturated carbocycles. The number of nitrogens with two attached hydrogens (primary N) is 1. The summed E-state index contributed by atoms with van der Waals surface area (Å²) in [6.07, 6.45) is 4.41. The van der Waals surface area contributed by atoms with Gasteiger partial charge in [-0.15, -0.1) is 10.2 Å². The summed E-state index contributed by atoms with van der Waals surface area (Å²) >= 11 is 0. The molecule has 4 rings (SSSR count). The summed E-state index contributed by atoms with van der Waals surface area (Å²) in [6.45, 7) is 2.02. The molecule has 0 aliphatic carbocycles. The summed E-state index contributed by atoms with van der Waals surface area (Å²) in [6, 6.07) is 11.6. The lowest BCUT2D eigenvalue weighted by Crippen LogP contribution is -1.90. The van der Waals surface area contributed by atoms with Crippen LogP contribution in [0.15, 0.2) is 53.2 Å². The summed E-state index contributed by atoms with van der Waals surface area (Å²) in [5.74, 6) is 0.983. The number of imidazole rings is 1. The molecule has 6 heteroatoms. The van der Waals surface area contributed by atoms with Crippen LogP contribution < -0.4 is 5.73 Å². The molecule has 0 amide bonds. The Kier molecular flexibility index (Phi) is 3.08. The third-order valence-electron chi connectivity index (χ3n) is 3.70. The van der Waals surface area contributed by atoms with Gasteiger partial charge in [0.15, 0.2) is 0 Å². The van der Waals surface area contributed by atoms with Crippen LogP contribution in [-0.2, 0) is 6.42 Å². The first-order valence-corrected chi connectivity index (χ1v) is 7.30. The first kappa shape index (κ1) is 13.5. The van der Waals surface area contributed by atoms with Crippen LogP contribution in [0.25, 0.3) is 17.2 Å². The van der Waals surface area contributed by atoms with Gasteiger partial charge in [-0.1, -0.05) is 18.2 Å². The number of rotatable bonds is 3. The smallest absolute Gasteiger partial charge is 0.267 e. The fraction of sp³-hybridized carbons (Fsp3) is 0.118. The highest BCUT2D eigenvalue weighted by Gasteiger charge is 2.13. The molecular formula is C17H15N5O. The lowest BCUT2D eigenvalue weighted by atomic mass is 10.1. The van der Waals surface area contributed by atoms with Crippen molar-refractivity contribution in [1.82, 2.24) is 19.6 Å². The quantitative estimate of drug-likeness (QED) is 0.588. The molecular weight excluding hydrogens is 290 g/mol. The SMILES string of the molecule is Cc1cccn2cc(-c3nnc(Cc4ccc(N)cc4)o3)nc12. The van der Waals surface area contributed by atoms with Crippen molar-refractivity contribution in [2.45, 2.75) is 13.3 Å². The van der Waals surface area contributed by atoms with Gasteiger partial charge in [-0.2, -0.15) is 0 Å². The van der Waals surface area contributed by atoms with Gasteiger partial charge in [0.05, 0.1) is 6.42 Å². The first-order valence-electron chi connectivity index (χ1n) is 7.30. The molecule has 2 N–H and O–H groups in total. The molecule has 3 aromatic heterocycles. The van der Waals surface area contributed by atoms with Crippen LogP contribution in [0.3, 0.4) is 0 Å². The minimum atomic E-state index is 0.429. The molecule has 0 spiro atoms. The monoisotopic (exact) mass is 305 g/mol. The number of hydrogen-bond acceptors (Lipinski definition) is 5. The Balaban J connectivity index is 1.63. The predicted octanol–water partition coefficient (Wildman–Crippen LogP) is 2.87. The maximum absolute atomic E-state index is 5.74. The number of nitrogens with zero attached hydrogens (tertiary/aromatic N) is 4. The van der Waals surface area contributed by atoms with Crippen LogP contribution in [-0.4, -0.2) is 19.6 Å². The van der Waals surface area contributed by atoms with E-state index in [0.717, 1.165) is 22.5 Å². The molecule has 0 saturated heterocycles. The maximum Gasteiger partial charge on any atom is 0.267 e. The highest BCUT2D eigenvalue weighted by Crippen LogP contribution is 2.20. The Morgan fingerprint density at radius 1 is 1.13 bits per heavy atom. The standard InChI is InChI=1S/C17H15N5O/c1-11-3-2-8-22-10-14(19-16(11)22)17-21-20-15(23-17)9-12-4-6-13(18)7-5-12/h2-8,10H,9,18H2,1H3. The number of pyridine rings is 1. The van der Waals surface area contributed by atoms with Gasteiger partial charge in [-0.3, -0.25) is 0 Å². The average molecular weight is 305 g/mol. The van der Waals surface area contributed by atoms with E-state index < -0.39 is 0 Å². The Bertz CT molecular complexity index is 968. The van der Waals surface area contributed by atoms with E-state index in [9.17, 15) is 0 Å². The summed E-state index contributed by atoms with van der Waals surface area (Å²) in [4.78, 5) is 4.56. The van der Waals surface area contributed by atoms with Gasteiger partial charge in [0.2, 0.25) is 5.89 Å². The number of anilines is 1. The van der Waals surface area contributed by atoms with E-state index in [4.69, 9.17) is 10.2 Å². The van der Waals surface area contributed by atoms with E-state index in [0.29, 0.717) is 23.9 Å². The molecule has 0 unspecified atom stereocenters. The van der Waals surface area contributed by atoms with Crippen molar-refractivity contribution in [2.24, 2.45) is 0 Å². The largest absolute Gasteiger partial charge is 0.419 e. The molecule has 4 aromatic rings. The van der Waals surface area contributed by atoms with E-state index in [1.807, 2.05) is 60.1 Å². The Hall–Kier alpha value is -3.15. The van der Waals surface area contributed by atoms with Crippen molar-refractivity contribution in [3.05, 3.63) is 65.8 Å². The van der Waals surface area contributed by atoms with Gasteiger partial charge in [0.1, 0.15) is 11.3 Å². The van der Waals surface area contributed by atoms with Crippen LogP contribution in [0.5, 0.6) is 0 Å². The van der Waals surface area contributed by atoms with Gasteiger partial charge >= 0.3 is 0 Å². The average Bonchev–Trinajstić information content (AvgIpc) is 3.17. The molecule has 0 aliphatic heterocycles. The number of aryl methyl sites for hydroxylation is 1. The fourth-order valence-electron chi connectivity index (χ4n) is 2.50. The van der Waals surface area contributed by atoms with Gasteiger partial charge in [-0.05, 0) is 36.2 Å². The van der Waals surface area contributed by atoms with Crippen molar-refractivity contribution in [3.8, 4) is 11.6 Å². The normalized spacial score (nSPS) is 11.2. The molecule has 23 heavy (non-hydrogen) atoms. The van der Waals surface area contributed by atoms with Crippen LogP contribution in [0, 0.1) is 6.92 Å². The number of fused-ring (bicyclic) bond motifs is 1. The van der Waals surface area contributed by atoms with Crippen molar-refractivity contribution in [3.63, 3.8) is 0 Å². The zero-order chi connectivity index (χ0) is 15.8. The second kappa shape index (κ2) is 5.24. The summed E-state index contributed by atoms with van der Waals surface area (Å²) in [7, 11) is 0. The number of aromatic nitrogens is 4. The van der Waals surface area contributed by atoms with E-state index in [-0.39, 0.29) is 0 Å². The molecule has 1 aromatic carbocycles. The van der Waals surface area contributed by atoms with Gasteiger partial charge in [0, 0.05) is 18.1 Å². The van der Waals surface area contributed by atoms with E-state index >= 15 is 0 Å². The highest BCUT2D eigenvalue weighted by atomic mass is 16.4. The molecule has 3 heterocycles. The van der Waals surface area contributed by atoms with Crippen LogP contribution >= 0.6 is 0 Å². The van der Waals surface area contributed by atoms with Gasteiger partial charge in [-0.25, -0.2) is 4.98 Å². The third-order valence-corrected chi connectivity index (χ3v) is 3.70. The third kappa shape index (κ3) is 2.55. The summed E-state index contributed by atoms with van der Waals surface area (Å²) in [5.41, 5.74) is 10.2. The second-order valence-corrected chi connectivity index (χ2v) is 5.47.